The van der Waals surface area contributed by atoms with Gasteiger partial charge < -0.3 is 14.2 Å². The lowest BCUT2D eigenvalue weighted by Gasteiger charge is -2.31. The van der Waals surface area contributed by atoms with Crippen LogP contribution in [-0.2, 0) is 14.3 Å². The van der Waals surface area contributed by atoms with Gasteiger partial charge in [-0.3, -0.25) is 9.69 Å². The SMILES string of the molecule is CCOC(=O)CN1CCO[C@@H](COc2ccccc2)C1. The number of nitrogens with zero attached hydrogens (tertiary/aromatic N) is 1. The summed E-state index contributed by atoms with van der Waals surface area (Å²) in [7, 11) is 0. The third-order valence-corrected chi connectivity index (χ3v) is 3.06. The second kappa shape index (κ2) is 7.87. The molecule has 110 valence electrons. The smallest absolute Gasteiger partial charge is 0.320 e. The Balaban J connectivity index is 1.74. The molecule has 1 fully saturated rings. The molecule has 1 aliphatic rings. The number of rotatable bonds is 6. The van der Waals surface area contributed by atoms with Crippen molar-refractivity contribution in [1.29, 1.82) is 0 Å². The summed E-state index contributed by atoms with van der Waals surface area (Å²) >= 11 is 0. The number of benzene rings is 1. The van der Waals surface area contributed by atoms with Crippen LogP contribution in [0.4, 0.5) is 0 Å². The van der Waals surface area contributed by atoms with Gasteiger partial charge in [-0.1, -0.05) is 18.2 Å². The van der Waals surface area contributed by atoms with Crippen LogP contribution in [0.5, 0.6) is 5.75 Å². The van der Waals surface area contributed by atoms with Crippen molar-refractivity contribution in [3.05, 3.63) is 30.3 Å². The van der Waals surface area contributed by atoms with Crippen molar-refractivity contribution in [2.75, 3.05) is 39.5 Å². The Morgan fingerprint density at radius 1 is 1.40 bits per heavy atom. The Morgan fingerprint density at radius 3 is 2.95 bits per heavy atom. The van der Waals surface area contributed by atoms with E-state index in [2.05, 4.69) is 0 Å². The molecule has 0 saturated carbocycles. The predicted molar refractivity (Wildman–Crippen MR) is 74.8 cm³/mol. The van der Waals surface area contributed by atoms with Crippen LogP contribution in [0.2, 0.25) is 0 Å². The fourth-order valence-electron chi connectivity index (χ4n) is 2.12. The molecule has 2 rings (SSSR count). The van der Waals surface area contributed by atoms with Gasteiger partial charge in [0.05, 0.1) is 19.8 Å². The average molecular weight is 279 g/mol. The lowest BCUT2D eigenvalue weighted by atomic mass is 10.3. The van der Waals surface area contributed by atoms with Gasteiger partial charge in [0.1, 0.15) is 18.5 Å². The molecule has 0 amide bonds. The predicted octanol–water partition coefficient (Wildman–Crippen LogP) is 1.33. The first-order valence-corrected chi connectivity index (χ1v) is 6.95. The zero-order chi connectivity index (χ0) is 14.2. The zero-order valence-corrected chi connectivity index (χ0v) is 11.8. The molecule has 0 aromatic heterocycles. The van der Waals surface area contributed by atoms with Crippen LogP contribution >= 0.6 is 0 Å². The van der Waals surface area contributed by atoms with E-state index in [4.69, 9.17) is 14.2 Å². The molecular formula is C15H21NO4. The Kier molecular flexibility index (Phi) is 5.83. The molecule has 0 spiro atoms. The quantitative estimate of drug-likeness (QED) is 0.735. The number of esters is 1. The maximum absolute atomic E-state index is 11.5. The average Bonchev–Trinajstić information content (AvgIpc) is 2.47. The van der Waals surface area contributed by atoms with Gasteiger partial charge in [-0.25, -0.2) is 0 Å². The Labute approximate surface area is 119 Å². The standard InChI is InChI=1S/C15H21NO4/c1-2-18-15(17)11-16-8-9-19-14(10-16)12-20-13-6-4-3-5-7-13/h3-7,14H,2,8-12H2,1H3/t14-/m1/s1. The van der Waals surface area contributed by atoms with Crippen molar-refractivity contribution in [1.82, 2.24) is 4.90 Å². The van der Waals surface area contributed by atoms with Crippen LogP contribution in [0, 0.1) is 0 Å². The summed E-state index contributed by atoms with van der Waals surface area (Å²) in [5.41, 5.74) is 0. The second-order valence-corrected chi connectivity index (χ2v) is 4.66. The van der Waals surface area contributed by atoms with E-state index in [0.717, 1.165) is 12.3 Å². The minimum absolute atomic E-state index is 0.0154. The second-order valence-electron chi connectivity index (χ2n) is 4.66. The third-order valence-electron chi connectivity index (χ3n) is 3.06. The first-order chi connectivity index (χ1) is 9.78. The van der Waals surface area contributed by atoms with E-state index in [1.165, 1.54) is 0 Å². The summed E-state index contributed by atoms with van der Waals surface area (Å²) in [5, 5.41) is 0. The molecular weight excluding hydrogens is 258 g/mol. The number of morpholine rings is 1. The van der Waals surface area contributed by atoms with E-state index in [9.17, 15) is 4.79 Å². The van der Waals surface area contributed by atoms with E-state index >= 15 is 0 Å². The largest absolute Gasteiger partial charge is 0.491 e. The van der Waals surface area contributed by atoms with Crippen LogP contribution < -0.4 is 4.74 Å². The Bertz CT molecular complexity index is 410. The number of carbonyl (C=O) groups is 1. The molecule has 1 aromatic rings. The first kappa shape index (κ1) is 14.8. The van der Waals surface area contributed by atoms with Gasteiger partial charge in [0, 0.05) is 13.1 Å². The van der Waals surface area contributed by atoms with E-state index in [0.29, 0.717) is 32.9 Å². The van der Waals surface area contributed by atoms with E-state index in [1.807, 2.05) is 42.2 Å². The number of para-hydroxylation sites is 1. The molecule has 1 heterocycles. The molecule has 5 nitrogen and oxygen atoms in total. The highest BCUT2D eigenvalue weighted by Crippen LogP contribution is 2.11. The van der Waals surface area contributed by atoms with Crippen LogP contribution in [0.15, 0.2) is 30.3 Å². The number of carbonyl (C=O) groups excluding carboxylic acids is 1. The third kappa shape index (κ3) is 4.83. The summed E-state index contributed by atoms with van der Waals surface area (Å²) in [6.45, 7) is 5.09. The molecule has 5 heteroatoms. The van der Waals surface area contributed by atoms with Crippen molar-refractivity contribution >= 4 is 5.97 Å². The van der Waals surface area contributed by atoms with E-state index < -0.39 is 0 Å². The van der Waals surface area contributed by atoms with Crippen molar-refractivity contribution < 1.29 is 19.0 Å². The molecule has 1 saturated heterocycles. The number of hydrogen-bond donors (Lipinski definition) is 0. The molecule has 0 bridgehead atoms. The van der Waals surface area contributed by atoms with Gasteiger partial charge in [0.15, 0.2) is 0 Å². The van der Waals surface area contributed by atoms with Crippen LogP contribution in [0.25, 0.3) is 0 Å². The molecule has 1 aliphatic heterocycles. The Hall–Kier alpha value is -1.59. The summed E-state index contributed by atoms with van der Waals surface area (Å²) in [5.74, 6) is 0.649. The summed E-state index contributed by atoms with van der Waals surface area (Å²) < 4.78 is 16.3. The summed E-state index contributed by atoms with van der Waals surface area (Å²) in [6.07, 6.45) is -0.0154. The fourth-order valence-corrected chi connectivity index (χ4v) is 2.12. The van der Waals surface area contributed by atoms with Crippen LogP contribution in [0.3, 0.4) is 0 Å². The van der Waals surface area contributed by atoms with Crippen molar-refractivity contribution in [2.45, 2.75) is 13.0 Å². The lowest BCUT2D eigenvalue weighted by molar-refractivity contribution is -0.146. The Morgan fingerprint density at radius 2 is 2.20 bits per heavy atom. The van der Waals surface area contributed by atoms with Crippen molar-refractivity contribution in [3.8, 4) is 5.75 Å². The van der Waals surface area contributed by atoms with E-state index in [1.54, 1.807) is 0 Å². The van der Waals surface area contributed by atoms with Gasteiger partial charge in [-0.2, -0.15) is 0 Å². The summed E-state index contributed by atoms with van der Waals surface area (Å²) in [6, 6.07) is 9.65. The van der Waals surface area contributed by atoms with Crippen molar-refractivity contribution in [2.24, 2.45) is 0 Å². The van der Waals surface area contributed by atoms with Crippen LogP contribution in [-0.4, -0.2) is 56.4 Å². The molecule has 0 aliphatic carbocycles. The fraction of sp³-hybridized carbons (Fsp3) is 0.533. The molecule has 1 atom stereocenters. The summed E-state index contributed by atoms with van der Waals surface area (Å²) in [4.78, 5) is 13.5. The highest BCUT2D eigenvalue weighted by Gasteiger charge is 2.23. The lowest BCUT2D eigenvalue weighted by Crippen LogP contribution is -2.47. The number of ether oxygens (including phenoxy) is 3. The highest BCUT2D eigenvalue weighted by atomic mass is 16.5. The van der Waals surface area contributed by atoms with Gasteiger partial charge >= 0.3 is 5.97 Å². The topological polar surface area (TPSA) is 48.0 Å². The number of hydrogen-bond acceptors (Lipinski definition) is 5. The highest BCUT2D eigenvalue weighted by molar-refractivity contribution is 5.71. The molecule has 0 radical (unpaired) electrons. The van der Waals surface area contributed by atoms with Crippen molar-refractivity contribution in [3.63, 3.8) is 0 Å². The molecule has 0 unspecified atom stereocenters. The minimum Gasteiger partial charge on any atom is -0.491 e. The van der Waals surface area contributed by atoms with Crippen LogP contribution in [0.1, 0.15) is 6.92 Å². The maximum atomic E-state index is 11.5. The zero-order valence-electron chi connectivity index (χ0n) is 11.8. The molecule has 0 N–H and O–H groups in total. The monoisotopic (exact) mass is 279 g/mol. The first-order valence-electron chi connectivity index (χ1n) is 6.95. The minimum atomic E-state index is -0.183. The van der Waals surface area contributed by atoms with Gasteiger partial charge in [-0.15, -0.1) is 0 Å². The maximum Gasteiger partial charge on any atom is 0.320 e. The molecule has 1 aromatic carbocycles. The van der Waals surface area contributed by atoms with E-state index in [-0.39, 0.29) is 12.1 Å². The van der Waals surface area contributed by atoms with Gasteiger partial charge in [-0.05, 0) is 19.1 Å². The molecule has 20 heavy (non-hydrogen) atoms. The normalized spacial score (nSPS) is 19.6. The van der Waals surface area contributed by atoms with Gasteiger partial charge in [0.2, 0.25) is 0 Å². The van der Waals surface area contributed by atoms with Gasteiger partial charge in [0.25, 0.3) is 0 Å².